The summed E-state index contributed by atoms with van der Waals surface area (Å²) in [6.45, 7) is -0.860. The third kappa shape index (κ3) is 2.36. The minimum absolute atomic E-state index is 0.860. The highest BCUT2D eigenvalue weighted by molar-refractivity contribution is 5.74. The van der Waals surface area contributed by atoms with Gasteiger partial charge in [0.15, 0.2) is 0 Å². The van der Waals surface area contributed by atoms with E-state index in [1.54, 1.807) is 0 Å². The Labute approximate surface area is 49.9 Å². The Hall–Kier alpha value is -0.710. The summed E-state index contributed by atoms with van der Waals surface area (Å²) in [5, 5.41) is 17.3. The molecule has 9 heavy (non-hydrogen) atoms. The molecule has 1 N–H and O–H groups in total. The number of alkyl halides is 2. The average Bonchev–Trinajstić information content (AvgIpc) is 1.65. The molecule has 0 heterocycles. The van der Waals surface area contributed by atoms with Crippen molar-refractivity contribution in [2.75, 3.05) is 6.61 Å². The van der Waals surface area contributed by atoms with Crippen molar-refractivity contribution < 1.29 is 23.8 Å². The van der Waals surface area contributed by atoms with Crippen LogP contribution in [0.15, 0.2) is 0 Å². The highest BCUT2D eigenvalue weighted by atomic mass is 19.3. The Bertz CT molecular complexity index is 112. The fraction of sp³-hybridized carbons (Fsp3) is 0.750. The van der Waals surface area contributed by atoms with Gasteiger partial charge < -0.3 is 5.11 Å². The number of halogens is 2. The molecule has 0 saturated carbocycles. The number of hydrogen-bond donors (Lipinski definition) is 1. The molecule has 0 rings (SSSR count). The molecule has 0 aromatic heterocycles. The largest absolute Gasteiger partial charge is 0.424 e. The third-order valence-corrected chi connectivity index (χ3v) is 0.724. The highest BCUT2D eigenvalue weighted by Gasteiger charge is 2.39. The van der Waals surface area contributed by atoms with Crippen molar-refractivity contribution in [2.45, 2.75) is 12.3 Å². The molecule has 53 valence electrons. The van der Waals surface area contributed by atoms with E-state index in [1.807, 2.05) is 0 Å². The van der Waals surface area contributed by atoms with Crippen LogP contribution in [0.4, 0.5) is 8.78 Å². The fourth-order valence-corrected chi connectivity index (χ4v) is 0.242. The van der Waals surface area contributed by atoms with Crippen molar-refractivity contribution in [1.82, 2.24) is 0 Å². The first kappa shape index (κ1) is 8.29. The monoisotopic (exact) mass is 139 g/mol. The van der Waals surface area contributed by atoms with Crippen LogP contribution in [0.3, 0.4) is 0 Å². The second-order valence-electron chi connectivity index (χ2n) is 1.47. The maximum Gasteiger partial charge on any atom is 0.424 e. The van der Waals surface area contributed by atoms with Crippen LogP contribution in [0.5, 0.6) is 0 Å². The molecular formula is C4H5F2O3. The van der Waals surface area contributed by atoms with Crippen LogP contribution in [0.1, 0.15) is 6.42 Å². The summed E-state index contributed by atoms with van der Waals surface area (Å²) in [6.07, 6.45) is -1.09. The number of carbonyl (C=O) groups is 1. The average molecular weight is 139 g/mol. The summed E-state index contributed by atoms with van der Waals surface area (Å²) in [4.78, 5) is 9.44. The third-order valence-electron chi connectivity index (χ3n) is 0.724. The predicted molar refractivity (Wildman–Crippen MR) is 22.3 cm³/mol. The van der Waals surface area contributed by atoms with Crippen molar-refractivity contribution in [3.05, 3.63) is 0 Å². The normalized spacial score (nSPS) is 11.4. The SMILES string of the molecule is [O]C(=O)C(F)(F)CCO. The fourth-order valence-electron chi connectivity index (χ4n) is 0.242. The molecule has 3 nitrogen and oxygen atoms in total. The molecule has 0 aliphatic heterocycles. The summed E-state index contributed by atoms with van der Waals surface area (Å²) in [6, 6.07) is 0. The van der Waals surface area contributed by atoms with Gasteiger partial charge in [0.25, 0.3) is 0 Å². The van der Waals surface area contributed by atoms with Crippen LogP contribution in [0.25, 0.3) is 0 Å². The second-order valence-corrected chi connectivity index (χ2v) is 1.47. The van der Waals surface area contributed by atoms with Crippen LogP contribution in [0.2, 0.25) is 0 Å². The predicted octanol–water partition coefficient (Wildman–Crippen LogP) is -0.0388. The first-order valence-electron chi connectivity index (χ1n) is 2.21. The lowest BCUT2D eigenvalue weighted by atomic mass is 10.2. The van der Waals surface area contributed by atoms with Crippen molar-refractivity contribution in [3.8, 4) is 0 Å². The van der Waals surface area contributed by atoms with E-state index >= 15 is 0 Å². The summed E-state index contributed by atoms with van der Waals surface area (Å²) < 4.78 is 23.4. The molecule has 0 aromatic carbocycles. The molecule has 0 aromatic rings. The molecule has 0 aliphatic rings. The quantitative estimate of drug-likeness (QED) is 0.596. The second kappa shape index (κ2) is 2.72. The Balaban J connectivity index is 3.85. The van der Waals surface area contributed by atoms with Gasteiger partial charge in [-0.25, -0.2) is 9.90 Å². The molecule has 0 spiro atoms. The van der Waals surface area contributed by atoms with Gasteiger partial charge in [-0.05, 0) is 0 Å². The summed E-state index contributed by atoms with van der Waals surface area (Å²) in [5.41, 5.74) is 0. The summed E-state index contributed by atoms with van der Waals surface area (Å²) >= 11 is 0. The van der Waals surface area contributed by atoms with Gasteiger partial charge in [0.05, 0.1) is 0 Å². The zero-order valence-corrected chi connectivity index (χ0v) is 4.43. The van der Waals surface area contributed by atoms with E-state index in [9.17, 15) is 18.7 Å². The molecule has 0 bridgehead atoms. The van der Waals surface area contributed by atoms with Crippen molar-refractivity contribution in [2.24, 2.45) is 0 Å². The lowest BCUT2D eigenvalue weighted by molar-refractivity contribution is -0.173. The molecular weight excluding hydrogens is 134 g/mol. The van der Waals surface area contributed by atoms with Crippen LogP contribution < -0.4 is 0 Å². The van der Waals surface area contributed by atoms with Crippen molar-refractivity contribution in [1.29, 1.82) is 0 Å². The topological polar surface area (TPSA) is 57.2 Å². The van der Waals surface area contributed by atoms with Gasteiger partial charge in [-0.3, -0.25) is 0 Å². The molecule has 0 atom stereocenters. The van der Waals surface area contributed by atoms with Gasteiger partial charge in [-0.2, -0.15) is 8.78 Å². The van der Waals surface area contributed by atoms with Crippen LogP contribution in [-0.2, 0) is 9.90 Å². The molecule has 5 heteroatoms. The smallest absolute Gasteiger partial charge is 0.396 e. The lowest BCUT2D eigenvalue weighted by Gasteiger charge is -2.04. The summed E-state index contributed by atoms with van der Waals surface area (Å²) in [7, 11) is 0. The van der Waals surface area contributed by atoms with Gasteiger partial charge in [-0.1, -0.05) is 0 Å². The lowest BCUT2D eigenvalue weighted by Crippen LogP contribution is -2.28. The van der Waals surface area contributed by atoms with Gasteiger partial charge in [0, 0.05) is 13.0 Å². The van der Waals surface area contributed by atoms with Gasteiger partial charge in [0.2, 0.25) is 0 Å². The van der Waals surface area contributed by atoms with Gasteiger partial charge in [-0.15, -0.1) is 0 Å². The Kier molecular flexibility index (Phi) is 2.51. The highest BCUT2D eigenvalue weighted by Crippen LogP contribution is 2.17. The molecule has 0 saturated heterocycles. The zero-order valence-electron chi connectivity index (χ0n) is 4.43. The Morgan fingerprint density at radius 1 is 1.56 bits per heavy atom. The maximum atomic E-state index is 11.7. The number of hydrogen-bond acceptors (Lipinski definition) is 2. The Morgan fingerprint density at radius 3 is 2.11 bits per heavy atom. The van der Waals surface area contributed by atoms with Gasteiger partial charge in [0.1, 0.15) is 0 Å². The minimum atomic E-state index is -3.89. The van der Waals surface area contributed by atoms with E-state index in [4.69, 9.17) is 5.11 Å². The molecule has 0 fully saturated rings. The van der Waals surface area contributed by atoms with Gasteiger partial charge >= 0.3 is 11.9 Å². The van der Waals surface area contributed by atoms with Crippen LogP contribution >= 0.6 is 0 Å². The van der Waals surface area contributed by atoms with Crippen molar-refractivity contribution >= 4 is 5.97 Å². The Morgan fingerprint density at radius 2 is 2.00 bits per heavy atom. The number of aliphatic hydroxyl groups is 1. The molecule has 1 radical (unpaired) electrons. The van der Waals surface area contributed by atoms with Crippen molar-refractivity contribution in [3.63, 3.8) is 0 Å². The molecule has 0 unspecified atom stereocenters. The molecule has 0 amide bonds. The van der Waals surface area contributed by atoms with E-state index in [1.165, 1.54) is 0 Å². The number of rotatable bonds is 3. The maximum absolute atomic E-state index is 11.7. The van der Waals surface area contributed by atoms with E-state index in [-0.39, 0.29) is 0 Å². The summed E-state index contributed by atoms with van der Waals surface area (Å²) in [5.74, 6) is -6.34. The standard InChI is InChI=1S/C4H5F2O3/c5-4(6,1-2-7)3(8)9/h7H,1-2H2. The minimum Gasteiger partial charge on any atom is -0.396 e. The van der Waals surface area contributed by atoms with E-state index in [0.29, 0.717) is 0 Å². The first-order chi connectivity index (χ1) is 4.00. The van der Waals surface area contributed by atoms with Crippen LogP contribution in [0, 0.1) is 0 Å². The van der Waals surface area contributed by atoms with E-state index in [0.717, 1.165) is 0 Å². The number of aliphatic hydroxyl groups excluding tert-OH is 1. The van der Waals surface area contributed by atoms with E-state index in [2.05, 4.69) is 0 Å². The first-order valence-corrected chi connectivity index (χ1v) is 2.21. The zero-order chi connectivity index (χ0) is 7.49. The molecule has 0 aliphatic carbocycles. The number of carbonyl (C=O) groups excluding carboxylic acids is 1. The van der Waals surface area contributed by atoms with Crippen LogP contribution in [-0.4, -0.2) is 23.6 Å². The van der Waals surface area contributed by atoms with E-state index < -0.39 is 24.9 Å².